The van der Waals surface area contributed by atoms with Gasteiger partial charge in [0.2, 0.25) is 0 Å². The van der Waals surface area contributed by atoms with E-state index in [1.165, 1.54) is 17.0 Å². The number of ketones is 1. The molecule has 1 aliphatic heterocycles. The molecule has 35 heavy (non-hydrogen) atoms. The molecule has 5 heteroatoms. The van der Waals surface area contributed by atoms with Crippen molar-refractivity contribution in [2.24, 2.45) is 0 Å². The van der Waals surface area contributed by atoms with E-state index in [4.69, 9.17) is 0 Å². The van der Waals surface area contributed by atoms with Crippen LogP contribution in [0.2, 0.25) is 0 Å². The van der Waals surface area contributed by atoms with Gasteiger partial charge in [-0.3, -0.25) is 9.59 Å². The molecule has 0 aliphatic carbocycles. The van der Waals surface area contributed by atoms with Crippen molar-refractivity contribution in [3.05, 3.63) is 112 Å². The molecular weight excluding hydrogens is 441 g/mol. The molecule has 3 aromatic rings. The van der Waals surface area contributed by atoms with E-state index in [1.54, 1.807) is 12.1 Å². The molecule has 1 atom stereocenters. The van der Waals surface area contributed by atoms with Gasteiger partial charge in [-0.05, 0) is 59.7 Å². The molecule has 1 amide bonds. The van der Waals surface area contributed by atoms with Crippen LogP contribution in [0.25, 0.3) is 5.76 Å². The van der Waals surface area contributed by atoms with E-state index in [9.17, 15) is 19.1 Å². The Morgan fingerprint density at radius 1 is 0.943 bits per heavy atom. The smallest absolute Gasteiger partial charge is 0.295 e. The van der Waals surface area contributed by atoms with Crippen molar-refractivity contribution in [2.45, 2.75) is 52.6 Å². The minimum Gasteiger partial charge on any atom is -0.507 e. The highest BCUT2D eigenvalue weighted by Gasteiger charge is 2.46. The van der Waals surface area contributed by atoms with Crippen molar-refractivity contribution in [3.63, 3.8) is 0 Å². The fourth-order valence-corrected chi connectivity index (χ4v) is 4.48. The number of hydrogen-bond donors (Lipinski definition) is 1. The van der Waals surface area contributed by atoms with Gasteiger partial charge in [-0.25, -0.2) is 4.39 Å². The zero-order valence-corrected chi connectivity index (χ0v) is 20.7. The van der Waals surface area contributed by atoms with Crippen molar-refractivity contribution < 1.29 is 19.1 Å². The average Bonchev–Trinajstić information content (AvgIpc) is 3.06. The summed E-state index contributed by atoms with van der Waals surface area (Å²) in [5.41, 5.74) is 4.81. The first kappa shape index (κ1) is 24.4. The van der Waals surface area contributed by atoms with E-state index in [0.29, 0.717) is 11.1 Å². The largest absolute Gasteiger partial charge is 0.507 e. The van der Waals surface area contributed by atoms with Crippen molar-refractivity contribution in [2.75, 3.05) is 0 Å². The SMILES string of the molecule is Cc1ccc(C)c(/C(O)=C2\C(=O)C(=O)N(Cc3ccc(F)cc3)C2c2ccc(C(C)(C)C)cc2)c1. The number of carbonyl (C=O) groups is 2. The fourth-order valence-electron chi connectivity index (χ4n) is 4.48. The molecule has 1 aliphatic rings. The zero-order valence-electron chi connectivity index (χ0n) is 20.7. The van der Waals surface area contributed by atoms with E-state index < -0.39 is 17.7 Å². The lowest BCUT2D eigenvalue weighted by molar-refractivity contribution is -0.140. The highest BCUT2D eigenvalue weighted by molar-refractivity contribution is 6.46. The molecule has 4 rings (SSSR count). The lowest BCUT2D eigenvalue weighted by atomic mass is 9.85. The minimum absolute atomic E-state index is 0.0624. The van der Waals surface area contributed by atoms with Crippen LogP contribution in [0, 0.1) is 19.7 Å². The third-order valence-corrected chi connectivity index (χ3v) is 6.55. The second-order valence-electron chi connectivity index (χ2n) is 10.2. The van der Waals surface area contributed by atoms with Gasteiger partial charge >= 0.3 is 0 Å². The maximum atomic E-state index is 13.5. The van der Waals surface area contributed by atoms with E-state index in [-0.39, 0.29) is 29.1 Å². The number of rotatable bonds is 4. The summed E-state index contributed by atoms with van der Waals surface area (Å²) in [5.74, 6) is -1.97. The molecule has 1 heterocycles. The van der Waals surface area contributed by atoms with Crippen molar-refractivity contribution in [3.8, 4) is 0 Å². The lowest BCUT2D eigenvalue weighted by Crippen LogP contribution is -2.29. The molecule has 1 unspecified atom stereocenters. The van der Waals surface area contributed by atoms with Gasteiger partial charge in [0, 0.05) is 12.1 Å². The lowest BCUT2D eigenvalue weighted by Gasteiger charge is -2.27. The van der Waals surface area contributed by atoms with E-state index >= 15 is 0 Å². The number of nitrogens with zero attached hydrogens (tertiary/aromatic N) is 1. The van der Waals surface area contributed by atoms with Crippen molar-refractivity contribution >= 4 is 17.4 Å². The Hall–Kier alpha value is -3.73. The molecule has 4 nitrogen and oxygen atoms in total. The van der Waals surface area contributed by atoms with Crippen LogP contribution in [0.1, 0.15) is 60.2 Å². The summed E-state index contributed by atoms with van der Waals surface area (Å²) in [4.78, 5) is 28.0. The van der Waals surface area contributed by atoms with Gasteiger partial charge in [-0.15, -0.1) is 0 Å². The maximum absolute atomic E-state index is 13.5. The van der Waals surface area contributed by atoms with Gasteiger partial charge in [-0.1, -0.05) is 74.9 Å². The van der Waals surface area contributed by atoms with E-state index in [1.807, 2.05) is 56.3 Å². The standard InChI is InChI=1S/C30H30FNO3/c1-18-6-7-19(2)24(16-18)27(33)25-26(21-10-12-22(13-11-21)30(3,4)5)32(29(35)28(25)34)17-20-8-14-23(31)15-9-20/h6-16,26,33H,17H2,1-5H3/b27-25+. The number of Topliss-reactive ketones (excluding diaryl/α,β-unsaturated/α-hetero) is 1. The molecule has 3 aromatic carbocycles. The zero-order chi connectivity index (χ0) is 25.5. The number of amides is 1. The Balaban J connectivity index is 1.88. The predicted octanol–water partition coefficient (Wildman–Crippen LogP) is 6.36. The van der Waals surface area contributed by atoms with Gasteiger partial charge in [0.1, 0.15) is 11.6 Å². The topological polar surface area (TPSA) is 57.6 Å². The average molecular weight is 472 g/mol. The Labute approximate surface area is 205 Å². The fraction of sp³-hybridized carbons (Fsp3) is 0.267. The first-order valence-electron chi connectivity index (χ1n) is 11.7. The summed E-state index contributed by atoms with van der Waals surface area (Å²) < 4.78 is 13.5. The number of aryl methyl sites for hydroxylation is 2. The van der Waals surface area contributed by atoms with E-state index in [0.717, 1.165) is 22.3 Å². The van der Waals surface area contributed by atoms with Gasteiger partial charge < -0.3 is 10.0 Å². The maximum Gasteiger partial charge on any atom is 0.295 e. The van der Waals surface area contributed by atoms with Crippen molar-refractivity contribution in [1.29, 1.82) is 0 Å². The van der Waals surface area contributed by atoms with Crippen LogP contribution in [0.5, 0.6) is 0 Å². The van der Waals surface area contributed by atoms with Gasteiger partial charge in [0.25, 0.3) is 11.7 Å². The predicted molar refractivity (Wildman–Crippen MR) is 135 cm³/mol. The number of likely N-dealkylation sites (tertiary alicyclic amines) is 1. The first-order chi connectivity index (χ1) is 16.5. The quantitative estimate of drug-likeness (QED) is 0.274. The number of hydrogen-bond acceptors (Lipinski definition) is 3. The minimum atomic E-state index is -0.769. The summed E-state index contributed by atoms with van der Waals surface area (Å²) >= 11 is 0. The van der Waals surface area contributed by atoms with E-state index in [2.05, 4.69) is 20.8 Å². The molecule has 0 bridgehead atoms. The first-order valence-corrected chi connectivity index (χ1v) is 11.7. The molecule has 0 radical (unpaired) electrons. The summed E-state index contributed by atoms with van der Waals surface area (Å²) in [7, 11) is 0. The molecule has 1 N–H and O–H groups in total. The van der Waals surface area contributed by atoms with Crippen molar-refractivity contribution in [1.82, 2.24) is 4.90 Å². The Morgan fingerprint density at radius 3 is 2.17 bits per heavy atom. The Bertz CT molecular complexity index is 1320. The molecule has 0 spiro atoms. The van der Waals surface area contributed by atoms with Gasteiger partial charge in [0.05, 0.1) is 11.6 Å². The third-order valence-electron chi connectivity index (χ3n) is 6.55. The molecule has 0 aromatic heterocycles. The Morgan fingerprint density at radius 2 is 1.57 bits per heavy atom. The summed E-state index contributed by atoms with van der Waals surface area (Å²) in [6, 6.07) is 18.5. The highest BCUT2D eigenvalue weighted by atomic mass is 19.1. The highest BCUT2D eigenvalue weighted by Crippen LogP contribution is 2.41. The molecule has 1 fully saturated rings. The van der Waals surface area contributed by atoms with Gasteiger partial charge in [-0.2, -0.15) is 0 Å². The van der Waals surface area contributed by atoms with Crippen LogP contribution in [-0.2, 0) is 21.5 Å². The van der Waals surface area contributed by atoms with Crippen LogP contribution >= 0.6 is 0 Å². The molecule has 0 saturated carbocycles. The monoisotopic (exact) mass is 471 g/mol. The second kappa shape index (κ2) is 9.14. The normalized spacial score (nSPS) is 17.8. The summed E-state index contributed by atoms with van der Waals surface area (Å²) in [6.07, 6.45) is 0. The second-order valence-corrected chi connectivity index (χ2v) is 10.2. The number of halogens is 1. The molecule has 180 valence electrons. The summed E-state index contributed by atoms with van der Waals surface area (Å²) in [6.45, 7) is 10.2. The molecular formula is C30H30FNO3. The number of carbonyl (C=O) groups excluding carboxylic acids is 2. The summed E-state index contributed by atoms with van der Waals surface area (Å²) in [5, 5.41) is 11.4. The number of aliphatic hydroxyl groups excluding tert-OH is 1. The van der Waals surface area contributed by atoms with Crippen LogP contribution in [-0.4, -0.2) is 21.7 Å². The van der Waals surface area contributed by atoms with Gasteiger partial charge in [0.15, 0.2) is 0 Å². The van der Waals surface area contributed by atoms with Crippen LogP contribution < -0.4 is 0 Å². The Kier molecular flexibility index (Phi) is 6.37. The van der Waals surface area contributed by atoms with Crippen LogP contribution in [0.15, 0.2) is 72.3 Å². The van der Waals surface area contributed by atoms with Crippen LogP contribution in [0.4, 0.5) is 4.39 Å². The molecule has 1 saturated heterocycles. The third kappa shape index (κ3) is 4.76. The number of aliphatic hydroxyl groups is 1. The number of benzene rings is 3. The van der Waals surface area contributed by atoms with Crippen LogP contribution in [0.3, 0.4) is 0 Å².